The summed E-state index contributed by atoms with van der Waals surface area (Å²) >= 11 is 0. The highest BCUT2D eigenvalue weighted by Crippen LogP contribution is 2.08. The lowest BCUT2D eigenvalue weighted by Gasteiger charge is -2.28. The minimum Gasteiger partial charge on any atom is -0.302 e. The van der Waals surface area contributed by atoms with E-state index in [-0.39, 0.29) is 6.04 Å². The van der Waals surface area contributed by atoms with Gasteiger partial charge in [0, 0.05) is 12.6 Å². The summed E-state index contributed by atoms with van der Waals surface area (Å²) < 4.78 is 23.8. The molecule has 0 saturated carbocycles. The predicted molar refractivity (Wildman–Crippen MR) is 56.0 cm³/mol. The minimum absolute atomic E-state index is 0.108. The lowest BCUT2D eigenvalue weighted by Crippen LogP contribution is -2.45. The van der Waals surface area contributed by atoms with Gasteiger partial charge in [-0.3, -0.25) is 0 Å². The summed E-state index contributed by atoms with van der Waals surface area (Å²) in [6.45, 7) is 4.71. The summed E-state index contributed by atoms with van der Waals surface area (Å²) in [7, 11) is -3.55. The van der Waals surface area contributed by atoms with E-state index in [1.807, 2.05) is 6.92 Å². The normalized spacial score (nSPS) is 22.1. The van der Waals surface area contributed by atoms with Crippen molar-refractivity contribution >= 4 is 10.2 Å². The highest BCUT2D eigenvalue weighted by molar-refractivity contribution is 7.87. The molecule has 1 aliphatic heterocycles. The first kappa shape index (κ1) is 11.9. The monoisotopic (exact) mass is 221 g/mol. The van der Waals surface area contributed by atoms with Crippen molar-refractivity contribution in [1.29, 1.82) is 0 Å². The average molecular weight is 221 g/mol. The lowest BCUT2D eigenvalue weighted by molar-refractivity contribution is 0.215. The molecule has 0 aromatic rings. The molecule has 1 aliphatic rings. The molecule has 1 unspecified atom stereocenters. The molecule has 0 spiro atoms. The summed E-state index contributed by atoms with van der Waals surface area (Å²) in [5.74, 6) is 0. The number of nitrogens with two attached hydrogens (primary N) is 1. The second-order valence-corrected chi connectivity index (χ2v) is 5.25. The second-order valence-electron chi connectivity index (χ2n) is 3.93. The van der Waals surface area contributed by atoms with Gasteiger partial charge >= 0.3 is 0 Å². The molecule has 0 aromatic carbocycles. The fourth-order valence-electron chi connectivity index (χ4n) is 1.85. The van der Waals surface area contributed by atoms with E-state index < -0.39 is 10.2 Å². The van der Waals surface area contributed by atoms with E-state index in [0.717, 1.165) is 19.6 Å². The molecule has 14 heavy (non-hydrogen) atoms. The fraction of sp³-hybridized carbons (Fsp3) is 1.00. The van der Waals surface area contributed by atoms with Gasteiger partial charge < -0.3 is 4.90 Å². The van der Waals surface area contributed by atoms with E-state index in [9.17, 15) is 8.42 Å². The number of nitrogens with zero attached hydrogens (tertiary/aromatic N) is 1. The van der Waals surface area contributed by atoms with Crippen LogP contribution in [-0.4, -0.2) is 39.0 Å². The van der Waals surface area contributed by atoms with Gasteiger partial charge in [0.25, 0.3) is 10.2 Å². The van der Waals surface area contributed by atoms with Gasteiger partial charge in [0.15, 0.2) is 0 Å². The molecule has 3 N–H and O–H groups in total. The molecule has 0 radical (unpaired) electrons. The van der Waals surface area contributed by atoms with Gasteiger partial charge in [-0.15, -0.1) is 0 Å². The smallest absolute Gasteiger partial charge is 0.274 e. The largest absolute Gasteiger partial charge is 0.302 e. The van der Waals surface area contributed by atoms with Crippen LogP contribution in [0.2, 0.25) is 0 Å². The fourth-order valence-corrected chi connectivity index (χ4v) is 2.48. The molecule has 1 fully saturated rings. The van der Waals surface area contributed by atoms with Crippen molar-refractivity contribution in [2.75, 3.05) is 19.6 Å². The first-order chi connectivity index (χ1) is 6.47. The number of piperidine rings is 1. The van der Waals surface area contributed by atoms with E-state index in [1.165, 1.54) is 19.3 Å². The number of nitrogens with one attached hydrogen (secondary N) is 1. The van der Waals surface area contributed by atoms with Crippen molar-refractivity contribution < 1.29 is 8.42 Å². The van der Waals surface area contributed by atoms with Crippen molar-refractivity contribution in [3.63, 3.8) is 0 Å². The van der Waals surface area contributed by atoms with Gasteiger partial charge in [-0.05, 0) is 32.9 Å². The van der Waals surface area contributed by atoms with Crippen LogP contribution in [0.4, 0.5) is 0 Å². The van der Waals surface area contributed by atoms with Crippen LogP contribution in [-0.2, 0) is 10.2 Å². The van der Waals surface area contributed by atoms with Crippen LogP contribution in [0.15, 0.2) is 0 Å². The van der Waals surface area contributed by atoms with Crippen molar-refractivity contribution in [2.45, 2.75) is 32.2 Å². The molecule has 1 rings (SSSR count). The first-order valence-electron chi connectivity index (χ1n) is 5.00. The Balaban J connectivity index is 2.28. The third kappa shape index (κ3) is 4.90. The standard InChI is InChI=1S/C8H19N3O2S/c1-8(10-14(9,12)13)7-11-5-3-2-4-6-11/h8,10H,2-7H2,1H3,(H2,9,12,13). The van der Waals surface area contributed by atoms with Gasteiger partial charge in [0.2, 0.25) is 0 Å². The lowest BCUT2D eigenvalue weighted by atomic mass is 10.1. The molecule has 1 heterocycles. The predicted octanol–water partition coefficient (Wildman–Crippen LogP) is -0.346. The number of hydrogen-bond donors (Lipinski definition) is 2. The molecule has 0 bridgehead atoms. The first-order valence-corrected chi connectivity index (χ1v) is 6.54. The zero-order valence-corrected chi connectivity index (χ0v) is 9.39. The van der Waals surface area contributed by atoms with Crippen LogP contribution in [0.3, 0.4) is 0 Å². The molecule has 6 heteroatoms. The zero-order valence-electron chi connectivity index (χ0n) is 8.57. The third-order valence-corrected chi connectivity index (χ3v) is 3.08. The summed E-state index contributed by atoms with van der Waals surface area (Å²) in [6, 6.07) is -0.108. The average Bonchev–Trinajstić information content (AvgIpc) is 2.02. The quantitative estimate of drug-likeness (QED) is 0.681. The maximum atomic E-state index is 10.7. The summed E-state index contributed by atoms with van der Waals surface area (Å²) in [5.41, 5.74) is 0. The molecule has 84 valence electrons. The van der Waals surface area contributed by atoms with Crippen LogP contribution in [0.1, 0.15) is 26.2 Å². The summed E-state index contributed by atoms with van der Waals surface area (Å²) in [5, 5.41) is 4.88. The van der Waals surface area contributed by atoms with Gasteiger partial charge in [0.05, 0.1) is 0 Å². The molecule has 0 amide bonds. The topological polar surface area (TPSA) is 75.4 Å². The van der Waals surface area contributed by atoms with Crippen LogP contribution >= 0.6 is 0 Å². The highest BCUT2D eigenvalue weighted by atomic mass is 32.2. The number of likely N-dealkylation sites (tertiary alicyclic amines) is 1. The van der Waals surface area contributed by atoms with Crippen LogP contribution in [0.25, 0.3) is 0 Å². The molecule has 0 aliphatic carbocycles. The second kappa shape index (κ2) is 5.06. The molecular weight excluding hydrogens is 202 g/mol. The van der Waals surface area contributed by atoms with Gasteiger partial charge in [-0.2, -0.15) is 13.1 Å². The van der Waals surface area contributed by atoms with E-state index in [2.05, 4.69) is 9.62 Å². The van der Waals surface area contributed by atoms with Crippen molar-refractivity contribution in [2.24, 2.45) is 5.14 Å². The zero-order chi connectivity index (χ0) is 10.6. The Morgan fingerprint density at radius 1 is 1.36 bits per heavy atom. The summed E-state index contributed by atoms with van der Waals surface area (Å²) in [4.78, 5) is 2.27. The molecule has 1 atom stereocenters. The Kier molecular flexibility index (Phi) is 4.31. The maximum absolute atomic E-state index is 10.7. The Morgan fingerprint density at radius 3 is 2.43 bits per heavy atom. The Labute approximate surface area is 85.8 Å². The Hall–Kier alpha value is -0.170. The van der Waals surface area contributed by atoms with E-state index in [4.69, 9.17) is 5.14 Å². The van der Waals surface area contributed by atoms with Gasteiger partial charge in [-0.25, -0.2) is 5.14 Å². The Morgan fingerprint density at radius 2 is 1.93 bits per heavy atom. The third-order valence-electron chi connectivity index (χ3n) is 2.35. The number of rotatable bonds is 4. The summed E-state index contributed by atoms with van der Waals surface area (Å²) in [6.07, 6.45) is 3.71. The van der Waals surface area contributed by atoms with Crippen LogP contribution in [0.5, 0.6) is 0 Å². The van der Waals surface area contributed by atoms with Crippen LogP contribution in [0, 0.1) is 0 Å². The van der Waals surface area contributed by atoms with Gasteiger partial charge in [0.1, 0.15) is 0 Å². The van der Waals surface area contributed by atoms with Crippen molar-refractivity contribution in [3.05, 3.63) is 0 Å². The maximum Gasteiger partial charge on any atom is 0.274 e. The Bertz CT molecular complexity index is 260. The van der Waals surface area contributed by atoms with E-state index >= 15 is 0 Å². The highest BCUT2D eigenvalue weighted by Gasteiger charge is 2.15. The van der Waals surface area contributed by atoms with E-state index in [0.29, 0.717) is 0 Å². The molecule has 1 saturated heterocycles. The minimum atomic E-state index is -3.55. The molecular formula is C8H19N3O2S. The molecule has 5 nitrogen and oxygen atoms in total. The van der Waals surface area contributed by atoms with Crippen LogP contribution < -0.4 is 9.86 Å². The van der Waals surface area contributed by atoms with Crippen molar-refractivity contribution in [3.8, 4) is 0 Å². The van der Waals surface area contributed by atoms with Gasteiger partial charge in [-0.1, -0.05) is 6.42 Å². The van der Waals surface area contributed by atoms with E-state index in [1.54, 1.807) is 0 Å². The number of hydrogen-bond acceptors (Lipinski definition) is 3. The molecule has 0 aromatic heterocycles. The van der Waals surface area contributed by atoms with Crippen molar-refractivity contribution in [1.82, 2.24) is 9.62 Å². The SMILES string of the molecule is CC(CN1CCCCC1)NS(N)(=O)=O.